The van der Waals surface area contributed by atoms with Gasteiger partial charge in [0.15, 0.2) is 0 Å². The van der Waals surface area contributed by atoms with Gasteiger partial charge in [0, 0.05) is 16.6 Å². The molecule has 3 aromatic rings. The molecule has 0 amide bonds. The number of nitrogens with zero attached hydrogens (tertiary/aromatic N) is 1. The fourth-order valence-corrected chi connectivity index (χ4v) is 4.52. The van der Waals surface area contributed by atoms with Gasteiger partial charge in [-0.3, -0.25) is 0 Å². The minimum atomic E-state index is -0.650. The topological polar surface area (TPSA) is 63.6 Å². The Morgan fingerprint density at radius 3 is 2.48 bits per heavy atom. The summed E-state index contributed by atoms with van der Waals surface area (Å²) < 4.78 is 13.9. The third kappa shape index (κ3) is 6.91. The number of aliphatic hydroxyl groups is 1. The lowest BCUT2D eigenvalue weighted by molar-refractivity contribution is 0.132. The third-order valence-corrected chi connectivity index (χ3v) is 5.99. The second-order valence-electron chi connectivity index (χ2n) is 8.79. The maximum absolute atomic E-state index is 10.9. The lowest BCUT2D eigenvalue weighted by atomic mass is 10.1. The molecule has 0 saturated heterocycles. The van der Waals surface area contributed by atoms with Gasteiger partial charge in [-0.1, -0.05) is 45.5 Å². The van der Waals surface area contributed by atoms with E-state index in [9.17, 15) is 5.11 Å². The third-order valence-electron chi connectivity index (χ3n) is 4.47. The molecular formula is C24H31BrN2O3S. The minimum Gasteiger partial charge on any atom is -0.486 e. The molecule has 7 heteroatoms. The summed E-state index contributed by atoms with van der Waals surface area (Å²) in [6.45, 7) is 11.2. The molecule has 2 N–H and O–H groups in total. The van der Waals surface area contributed by atoms with E-state index >= 15 is 0 Å². The first kappa shape index (κ1) is 24.0. The number of hydrogen-bond donors (Lipinski definition) is 2. The Labute approximate surface area is 196 Å². The van der Waals surface area contributed by atoms with Crippen LogP contribution in [0.3, 0.4) is 0 Å². The first-order valence-corrected chi connectivity index (χ1v) is 12.2. The minimum absolute atomic E-state index is 0.0289. The molecule has 1 heterocycles. The van der Waals surface area contributed by atoms with Crippen LogP contribution in [-0.4, -0.2) is 34.9 Å². The van der Waals surface area contributed by atoms with Gasteiger partial charge in [-0.05, 0) is 71.3 Å². The van der Waals surface area contributed by atoms with Crippen molar-refractivity contribution in [2.45, 2.75) is 58.8 Å². The lowest BCUT2D eigenvalue weighted by Crippen LogP contribution is -2.24. The fraction of sp³-hybridized carbons (Fsp3) is 0.458. The molecule has 0 saturated carbocycles. The quantitative estimate of drug-likeness (QED) is 0.354. The summed E-state index contributed by atoms with van der Waals surface area (Å²) in [4.78, 5) is 4.66. The van der Waals surface area contributed by atoms with Crippen LogP contribution in [0.1, 0.15) is 51.8 Å². The van der Waals surface area contributed by atoms with E-state index in [1.54, 1.807) is 0 Å². The average molecular weight is 507 g/mol. The summed E-state index contributed by atoms with van der Waals surface area (Å²) in [5.41, 5.74) is 2.49. The Hall–Kier alpha value is -1.67. The number of fused-ring (bicyclic) bond motifs is 1. The molecule has 0 aliphatic carbocycles. The summed E-state index contributed by atoms with van der Waals surface area (Å²) in [5.74, 6) is 0.705. The van der Waals surface area contributed by atoms with E-state index in [-0.39, 0.29) is 11.7 Å². The zero-order chi connectivity index (χ0) is 22.6. The number of hydrogen-bond acceptors (Lipinski definition) is 6. The van der Waals surface area contributed by atoms with E-state index in [4.69, 9.17) is 9.47 Å². The van der Waals surface area contributed by atoms with Crippen molar-refractivity contribution >= 4 is 37.5 Å². The molecule has 0 spiro atoms. The standard InChI is InChI=1S/C24H31BrN2O3S/c1-15(2)29-23-27-21-20(30-24(3,4)5)11-10-18(22(21)31-23)19(28)14-26-13-12-16-6-8-17(25)9-7-16/h6-11,15,19,26,28H,12-14H2,1-5H3/t19-/m0/s1. The molecule has 0 aliphatic heterocycles. The second kappa shape index (κ2) is 10.3. The maximum Gasteiger partial charge on any atom is 0.274 e. The molecule has 2 aromatic carbocycles. The Bertz CT molecular complexity index is 996. The van der Waals surface area contributed by atoms with Crippen LogP contribution >= 0.6 is 27.3 Å². The van der Waals surface area contributed by atoms with Crippen molar-refractivity contribution in [1.29, 1.82) is 0 Å². The fourth-order valence-electron chi connectivity index (χ4n) is 3.14. The lowest BCUT2D eigenvalue weighted by Gasteiger charge is -2.22. The molecular weight excluding hydrogens is 476 g/mol. The van der Waals surface area contributed by atoms with E-state index < -0.39 is 6.10 Å². The molecule has 0 unspecified atom stereocenters. The SMILES string of the molecule is CC(C)Oc1nc2c(OC(C)(C)C)ccc([C@@H](O)CNCCc3ccc(Br)cc3)c2s1. The number of aromatic nitrogens is 1. The zero-order valence-corrected chi connectivity index (χ0v) is 21.1. The Morgan fingerprint density at radius 2 is 1.84 bits per heavy atom. The monoisotopic (exact) mass is 506 g/mol. The molecule has 0 aliphatic rings. The highest BCUT2D eigenvalue weighted by Gasteiger charge is 2.22. The molecule has 31 heavy (non-hydrogen) atoms. The van der Waals surface area contributed by atoms with E-state index in [0.717, 1.165) is 33.2 Å². The first-order valence-electron chi connectivity index (χ1n) is 10.5. The summed E-state index contributed by atoms with van der Waals surface area (Å²) >= 11 is 4.91. The Kier molecular flexibility index (Phi) is 7.97. The Balaban J connectivity index is 1.74. The highest BCUT2D eigenvalue weighted by molar-refractivity contribution is 9.10. The number of thiazole rings is 1. The van der Waals surface area contributed by atoms with Gasteiger partial charge in [0.1, 0.15) is 16.9 Å². The second-order valence-corrected chi connectivity index (χ2v) is 10.7. The molecule has 0 fully saturated rings. The zero-order valence-electron chi connectivity index (χ0n) is 18.7. The molecule has 1 aromatic heterocycles. The number of benzene rings is 2. The van der Waals surface area contributed by atoms with Crippen molar-refractivity contribution in [1.82, 2.24) is 10.3 Å². The van der Waals surface area contributed by atoms with Crippen molar-refractivity contribution in [2.24, 2.45) is 0 Å². The van der Waals surface area contributed by atoms with Gasteiger partial charge in [-0.2, -0.15) is 4.98 Å². The van der Waals surface area contributed by atoms with Crippen LogP contribution in [0.5, 0.6) is 10.9 Å². The number of halogens is 1. The highest BCUT2D eigenvalue weighted by atomic mass is 79.9. The van der Waals surface area contributed by atoms with E-state index in [0.29, 0.717) is 17.5 Å². The van der Waals surface area contributed by atoms with Crippen LogP contribution in [-0.2, 0) is 6.42 Å². The predicted molar refractivity (Wildman–Crippen MR) is 131 cm³/mol. The smallest absolute Gasteiger partial charge is 0.274 e. The summed E-state index contributed by atoms with van der Waals surface area (Å²) in [5, 5.41) is 14.8. The van der Waals surface area contributed by atoms with Gasteiger partial charge in [0.25, 0.3) is 5.19 Å². The van der Waals surface area contributed by atoms with Crippen LogP contribution < -0.4 is 14.8 Å². The average Bonchev–Trinajstić information content (AvgIpc) is 3.09. The number of aliphatic hydroxyl groups excluding tert-OH is 1. The normalized spacial score (nSPS) is 13.0. The largest absolute Gasteiger partial charge is 0.486 e. The van der Waals surface area contributed by atoms with Crippen LogP contribution in [0.15, 0.2) is 40.9 Å². The van der Waals surface area contributed by atoms with Crippen molar-refractivity contribution in [3.63, 3.8) is 0 Å². The molecule has 0 bridgehead atoms. The van der Waals surface area contributed by atoms with Gasteiger partial charge in [0.05, 0.1) is 16.9 Å². The molecule has 3 rings (SSSR count). The van der Waals surface area contributed by atoms with Crippen molar-refractivity contribution < 1.29 is 14.6 Å². The van der Waals surface area contributed by atoms with Crippen LogP contribution in [0.2, 0.25) is 0 Å². The van der Waals surface area contributed by atoms with Crippen molar-refractivity contribution in [3.8, 4) is 10.9 Å². The van der Waals surface area contributed by atoms with Crippen LogP contribution in [0, 0.1) is 0 Å². The molecule has 168 valence electrons. The summed E-state index contributed by atoms with van der Waals surface area (Å²) in [6, 6.07) is 12.1. The van der Waals surface area contributed by atoms with Gasteiger partial charge < -0.3 is 19.9 Å². The van der Waals surface area contributed by atoms with Gasteiger partial charge in [0.2, 0.25) is 0 Å². The predicted octanol–water partition coefficient (Wildman–Crippen LogP) is 5.89. The van der Waals surface area contributed by atoms with E-state index in [2.05, 4.69) is 38.4 Å². The van der Waals surface area contributed by atoms with Crippen LogP contribution in [0.25, 0.3) is 10.2 Å². The van der Waals surface area contributed by atoms with Crippen molar-refractivity contribution in [3.05, 3.63) is 52.0 Å². The van der Waals surface area contributed by atoms with Crippen LogP contribution in [0.4, 0.5) is 0 Å². The van der Waals surface area contributed by atoms with E-state index in [1.807, 2.05) is 58.9 Å². The molecule has 5 nitrogen and oxygen atoms in total. The summed E-state index contributed by atoms with van der Waals surface area (Å²) in [6.07, 6.45) is 0.283. The number of ether oxygens (including phenoxy) is 2. The summed E-state index contributed by atoms with van der Waals surface area (Å²) in [7, 11) is 0. The van der Waals surface area contributed by atoms with Gasteiger partial charge in [-0.15, -0.1) is 0 Å². The highest BCUT2D eigenvalue weighted by Crippen LogP contribution is 2.39. The van der Waals surface area contributed by atoms with Crippen molar-refractivity contribution in [2.75, 3.05) is 13.1 Å². The van der Waals surface area contributed by atoms with Gasteiger partial charge in [-0.25, -0.2) is 0 Å². The van der Waals surface area contributed by atoms with E-state index in [1.165, 1.54) is 16.9 Å². The Morgan fingerprint density at radius 1 is 1.13 bits per heavy atom. The molecule has 0 radical (unpaired) electrons. The number of nitrogens with one attached hydrogen (secondary N) is 1. The first-order chi connectivity index (χ1) is 14.6. The maximum atomic E-state index is 10.9. The molecule has 1 atom stereocenters. The van der Waals surface area contributed by atoms with Gasteiger partial charge >= 0.3 is 0 Å². The number of rotatable bonds is 9.